The van der Waals surface area contributed by atoms with Crippen molar-refractivity contribution in [2.45, 2.75) is 19.4 Å². The van der Waals surface area contributed by atoms with E-state index >= 15 is 0 Å². The van der Waals surface area contributed by atoms with Crippen LogP contribution in [0.15, 0.2) is 48.8 Å². The predicted octanol–water partition coefficient (Wildman–Crippen LogP) is 3.12. The molecular formula is C20H20FN3O. The van der Waals surface area contributed by atoms with E-state index in [1.54, 1.807) is 18.5 Å². The quantitative estimate of drug-likeness (QED) is 0.798. The number of aryl methyl sites for hydroxylation is 1. The molecule has 1 saturated heterocycles. The minimum absolute atomic E-state index is 0.146. The third-order valence-electron chi connectivity index (χ3n) is 4.94. The number of benzene rings is 1. The predicted molar refractivity (Wildman–Crippen MR) is 96.1 cm³/mol. The number of fused-ring (bicyclic) bond motifs is 1. The lowest BCUT2D eigenvalue weighted by Gasteiger charge is -2.18. The van der Waals surface area contributed by atoms with Crippen LogP contribution in [0.4, 0.5) is 10.2 Å². The van der Waals surface area contributed by atoms with Crippen molar-refractivity contribution in [2.75, 3.05) is 18.0 Å². The van der Waals surface area contributed by atoms with Gasteiger partial charge in [-0.1, -0.05) is 0 Å². The van der Waals surface area contributed by atoms with E-state index in [9.17, 15) is 9.50 Å². The summed E-state index contributed by atoms with van der Waals surface area (Å²) in [5, 5.41) is 11.4. The van der Waals surface area contributed by atoms with E-state index in [1.807, 2.05) is 25.1 Å². The minimum atomic E-state index is -0.404. The molecule has 1 aromatic carbocycles. The summed E-state index contributed by atoms with van der Waals surface area (Å²) in [6, 6.07) is 10.7. The number of aliphatic hydroxyl groups is 1. The summed E-state index contributed by atoms with van der Waals surface area (Å²) in [6.07, 6.45) is 3.95. The second-order valence-corrected chi connectivity index (χ2v) is 6.75. The van der Waals surface area contributed by atoms with E-state index in [2.05, 4.69) is 14.9 Å². The summed E-state index contributed by atoms with van der Waals surface area (Å²) in [4.78, 5) is 10.7. The Kier molecular flexibility index (Phi) is 4.09. The van der Waals surface area contributed by atoms with Crippen molar-refractivity contribution < 1.29 is 9.50 Å². The third kappa shape index (κ3) is 3.20. The SMILES string of the molecule is Cc1cc(N2C[C@@H](Cc3ccncc3)[C@H](O)C2)nc2cc(F)ccc12. The Bertz CT molecular complexity index is 900. The van der Waals surface area contributed by atoms with Crippen LogP contribution < -0.4 is 4.90 Å². The Balaban J connectivity index is 1.59. The lowest BCUT2D eigenvalue weighted by atomic mass is 9.97. The van der Waals surface area contributed by atoms with Gasteiger partial charge >= 0.3 is 0 Å². The number of pyridine rings is 2. The van der Waals surface area contributed by atoms with Crippen molar-refractivity contribution >= 4 is 16.7 Å². The number of nitrogens with zero attached hydrogens (tertiary/aromatic N) is 3. The summed E-state index contributed by atoms with van der Waals surface area (Å²) >= 11 is 0. The molecule has 0 bridgehead atoms. The molecule has 0 unspecified atom stereocenters. The van der Waals surface area contributed by atoms with Gasteiger partial charge in [0.2, 0.25) is 0 Å². The Morgan fingerprint density at radius 2 is 1.96 bits per heavy atom. The molecule has 0 aliphatic carbocycles. The maximum atomic E-state index is 13.5. The normalized spacial score (nSPS) is 20.4. The zero-order valence-electron chi connectivity index (χ0n) is 14.1. The minimum Gasteiger partial charge on any atom is -0.391 e. The van der Waals surface area contributed by atoms with Crippen molar-refractivity contribution in [3.05, 3.63) is 65.7 Å². The fraction of sp³-hybridized carbons (Fsp3) is 0.300. The molecule has 25 heavy (non-hydrogen) atoms. The molecule has 0 saturated carbocycles. The van der Waals surface area contributed by atoms with Crippen LogP contribution in [0.2, 0.25) is 0 Å². The molecule has 0 amide bonds. The second-order valence-electron chi connectivity index (χ2n) is 6.75. The maximum Gasteiger partial charge on any atom is 0.129 e. The first-order chi connectivity index (χ1) is 12.1. The van der Waals surface area contributed by atoms with Gasteiger partial charge in [0.15, 0.2) is 0 Å². The van der Waals surface area contributed by atoms with Crippen molar-refractivity contribution in [3.63, 3.8) is 0 Å². The molecule has 1 N–H and O–H groups in total. The Morgan fingerprint density at radius 3 is 2.76 bits per heavy atom. The highest BCUT2D eigenvalue weighted by atomic mass is 19.1. The number of hydrogen-bond acceptors (Lipinski definition) is 4. The zero-order valence-corrected chi connectivity index (χ0v) is 14.1. The van der Waals surface area contributed by atoms with E-state index < -0.39 is 6.10 Å². The number of halogens is 1. The van der Waals surface area contributed by atoms with Crippen LogP contribution in [-0.4, -0.2) is 34.3 Å². The van der Waals surface area contributed by atoms with Gasteiger partial charge in [-0.3, -0.25) is 4.98 Å². The first-order valence-electron chi connectivity index (χ1n) is 8.49. The lowest BCUT2D eigenvalue weighted by Crippen LogP contribution is -2.22. The van der Waals surface area contributed by atoms with Gasteiger partial charge in [0.25, 0.3) is 0 Å². The fourth-order valence-electron chi connectivity index (χ4n) is 3.58. The molecule has 4 nitrogen and oxygen atoms in total. The molecule has 1 fully saturated rings. The van der Waals surface area contributed by atoms with E-state index in [-0.39, 0.29) is 11.7 Å². The maximum absolute atomic E-state index is 13.5. The first-order valence-corrected chi connectivity index (χ1v) is 8.49. The molecule has 2 atom stereocenters. The summed E-state index contributed by atoms with van der Waals surface area (Å²) < 4.78 is 13.5. The molecule has 1 aliphatic heterocycles. The van der Waals surface area contributed by atoms with Crippen LogP contribution in [0.3, 0.4) is 0 Å². The highest BCUT2D eigenvalue weighted by Crippen LogP contribution is 2.29. The number of hydrogen-bond donors (Lipinski definition) is 1. The topological polar surface area (TPSA) is 49.2 Å². The van der Waals surface area contributed by atoms with E-state index in [0.717, 1.165) is 29.7 Å². The number of anilines is 1. The summed E-state index contributed by atoms with van der Waals surface area (Å²) in [6.45, 7) is 3.28. The molecule has 1 aliphatic rings. The number of rotatable bonds is 3. The van der Waals surface area contributed by atoms with Crippen LogP contribution in [0, 0.1) is 18.7 Å². The van der Waals surface area contributed by atoms with Gasteiger partial charge < -0.3 is 10.0 Å². The van der Waals surface area contributed by atoms with E-state index in [0.29, 0.717) is 12.1 Å². The van der Waals surface area contributed by atoms with Gasteiger partial charge in [0, 0.05) is 42.9 Å². The molecule has 4 rings (SSSR count). The summed E-state index contributed by atoms with van der Waals surface area (Å²) in [5.74, 6) is 0.660. The smallest absolute Gasteiger partial charge is 0.129 e. The standard InChI is InChI=1S/C20H20FN3O/c1-13-8-20(23-18-10-16(21)2-3-17(13)18)24-11-15(19(25)12-24)9-14-4-6-22-7-5-14/h2-8,10,15,19,25H,9,11-12H2,1H3/t15-,19-/m1/s1. The third-order valence-corrected chi connectivity index (χ3v) is 4.94. The van der Waals surface area contributed by atoms with Crippen molar-refractivity contribution in [3.8, 4) is 0 Å². The van der Waals surface area contributed by atoms with Crippen molar-refractivity contribution in [1.29, 1.82) is 0 Å². The molecule has 3 aromatic rings. The number of aliphatic hydroxyl groups excluding tert-OH is 1. The summed E-state index contributed by atoms with van der Waals surface area (Å²) in [7, 11) is 0. The number of aromatic nitrogens is 2. The van der Waals surface area contributed by atoms with Crippen LogP contribution in [-0.2, 0) is 6.42 Å². The van der Waals surface area contributed by atoms with Gasteiger partial charge in [-0.2, -0.15) is 0 Å². The Morgan fingerprint density at radius 1 is 1.16 bits per heavy atom. The molecule has 128 valence electrons. The molecule has 0 radical (unpaired) electrons. The van der Waals surface area contributed by atoms with Crippen LogP contribution in [0.5, 0.6) is 0 Å². The monoisotopic (exact) mass is 337 g/mol. The average Bonchev–Trinajstić information content (AvgIpc) is 2.96. The lowest BCUT2D eigenvalue weighted by molar-refractivity contribution is 0.148. The van der Waals surface area contributed by atoms with Gasteiger partial charge in [0.05, 0.1) is 11.6 Å². The van der Waals surface area contributed by atoms with Gasteiger partial charge in [-0.05, 0) is 54.8 Å². The molecular weight excluding hydrogens is 317 g/mol. The Labute approximate surface area is 146 Å². The van der Waals surface area contributed by atoms with Crippen molar-refractivity contribution in [1.82, 2.24) is 9.97 Å². The Hall–Kier alpha value is -2.53. The first kappa shape index (κ1) is 16.0. The van der Waals surface area contributed by atoms with Crippen LogP contribution in [0.1, 0.15) is 11.1 Å². The molecule has 0 spiro atoms. The highest BCUT2D eigenvalue weighted by Gasteiger charge is 2.32. The van der Waals surface area contributed by atoms with Crippen molar-refractivity contribution in [2.24, 2.45) is 5.92 Å². The molecule has 2 aromatic heterocycles. The van der Waals surface area contributed by atoms with E-state index in [1.165, 1.54) is 17.7 Å². The highest BCUT2D eigenvalue weighted by molar-refractivity contribution is 5.84. The van der Waals surface area contributed by atoms with Gasteiger partial charge in [-0.15, -0.1) is 0 Å². The van der Waals surface area contributed by atoms with Gasteiger partial charge in [-0.25, -0.2) is 9.37 Å². The number of β-amino-alcohol motifs (C(OH)–C–C–N with tert-alkyl or cyclic N) is 1. The van der Waals surface area contributed by atoms with Crippen LogP contribution in [0.25, 0.3) is 10.9 Å². The second kappa shape index (κ2) is 6.41. The molecule has 3 heterocycles. The van der Waals surface area contributed by atoms with Gasteiger partial charge in [0.1, 0.15) is 11.6 Å². The summed E-state index contributed by atoms with van der Waals surface area (Å²) in [5.41, 5.74) is 2.89. The molecule has 5 heteroatoms. The largest absolute Gasteiger partial charge is 0.391 e. The van der Waals surface area contributed by atoms with E-state index in [4.69, 9.17) is 0 Å². The zero-order chi connectivity index (χ0) is 17.4. The average molecular weight is 337 g/mol. The van der Waals surface area contributed by atoms with Crippen LogP contribution >= 0.6 is 0 Å². The fourth-order valence-corrected chi connectivity index (χ4v) is 3.58.